The highest BCUT2D eigenvalue weighted by Gasteiger charge is 2.11. The van der Waals surface area contributed by atoms with Crippen LogP contribution in [-0.4, -0.2) is 6.61 Å². The van der Waals surface area contributed by atoms with Gasteiger partial charge in [-0.1, -0.05) is 30.3 Å². The van der Waals surface area contributed by atoms with Crippen molar-refractivity contribution in [2.75, 3.05) is 0 Å². The van der Waals surface area contributed by atoms with Gasteiger partial charge < -0.3 is 4.74 Å². The summed E-state index contributed by atoms with van der Waals surface area (Å²) in [6.45, 7) is -2.87. The van der Waals surface area contributed by atoms with Gasteiger partial charge in [-0.05, 0) is 17.0 Å². The molecule has 0 radical (unpaired) electrons. The first-order valence-electron chi connectivity index (χ1n) is 5.05. The number of rotatable bonds is 3. The number of benzene rings is 2. The minimum Gasteiger partial charge on any atom is -0.434 e. The molecule has 0 saturated heterocycles. The molecule has 0 aliphatic carbocycles. The summed E-state index contributed by atoms with van der Waals surface area (Å²) in [4.78, 5) is 0. The van der Waals surface area contributed by atoms with Crippen LogP contribution in [0.1, 0.15) is 5.56 Å². The SMILES string of the molecule is N#CCc1cccc2cccc(OC(F)F)c12. The van der Waals surface area contributed by atoms with E-state index in [1.807, 2.05) is 6.07 Å². The van der Waals surface area contributed by atoms with Gasteiger partial charge in [0.1, 0.15) is 5.75 Å². The van der Waals surface area contributed by atoms with Crippen LogP contribution >= 0.6 is 0 Å². The highest BCUT2D eigenvalue weighted by atomic mass is 19.3. The maximum absolute atomic E-state index is 12.3. The van der Waals surface area contributed by atoms with Crippen molar-refractivity contribution in [3.8, 4) is 11.8 Å². The molecule has 0 aromatic heterocycles. The third-order valence-corrected chi connectivity index (χ3v) is 2.44. The molecule has 0 aliphatic heterocycles. The molecule has 0 fully saturated rings. The zero-order chi connectivity index (χ0) is 12.3. The first kappa shape index (κ1) is 11.3. The van der Waals surface area contributed by atoms with Gasteiger partial charge in [0.15, 0.2) is 0 Å². The fraction of sp³-hybridized carbons (Fsp3) is 0.154. The minimum absolute atomic E-state index is 0.114. The van der Waals surface area contributed by atoms with Crippen LogP contribution in [0.2, 0.25) is 0 Å². The molecular weight excluding hydrogens is 224 g/mol. The zero-order valence-electron chi connectivity index (χ0n) is 8.86. The summed E-state index contributed by atoms with van der Waals surface area (Å²) in [6.07, 6.45) is 0.168. The predicted molar refractivity (Wildman–Crippen MR) is 59.9 cm³/mol. The Hall–Kier alpha value is -2.15. The topological polar surface area (TPSA) is 33.0 Å². The molecular formula is C13H9F2NO. The lowest BCUT2D eigenvalue weighted by Gasteiger charge is -2.10. The monoisotopic (exact) mass is 233 g/mol. The maximum Gasteiger partial charge on any atom is 0.387 e. The Kier molecular flexibility index (Phi) is 3.20. The van der Waals surface area contributed by atoms with Gasteiger partial charge in [0.2, 0.25) is 0 Å². The molecule has 0 heterocycles. The number of ether oxygens (including phenoxy) is 1. The summed E-state index contributed by atoms with van der Waals surface area (Å²) in [5.41, 5.74) is 0.696. The molecule has 17 heavy (non-hydrogen) atoms. The van der Waals surface area contributed by atoms with Crippen molar-refractivity contribution in [1.82, 2.24) is 0 Å². The standard InChI is InChI=1S/C13H9F2NO/c14-13(15)17-11-6-2-5-9-3-1-4-10(7-8-16)12(9)11/h1-6,13H,7H2. The number of nitriles is 1. The van der Waals surface area contributed by atoms with E-state index in [1.54, 1.807) is 30.3 Å². The normalized spacial score (nSPS) is 10.5. The molecule has 0 saturated carbocycles. The summed E-state index contributed by atoms with van der Waals surface area (Å²) >= 11 is 0. The van der Waals surface area contributed by atoms with E-state index in [1.165, 1.54) is 6.07 Å². The Morgan fingerprint density at radius 2 is 1.88 bits per heavy atom. The number of alkyl halides is 2. The third-order valence-electron chi connectivity index (χ3n) is 2.44. The van der Waals surface area contributed by atoms with Gasteiger partial charge in [0.25, 0.3) is 0 Å². The summed E-state index contributed by atoms with van der Waals surface area (Å²) in [5, 5.41) is 10.1. The fourth-order valence-electron chi connectivity index (χ4n) is 1.81. The highest BCUT2D eigenvalue weighted by molar-refractivity contribution is 5.91. The molecule has 0 atom stereocenters. The fourth-order valence-corrected chi connectivity index (χ4v) is 1.81. The van der Waals surface area contributed by atoms with Crippen LogP contribution in [-0.2, 0) is 6.42 Å². The number of hydrogen-bond donors (Lipinski definition) is 0. The van der Waals surface area contributed by atoms with Gasteiger partial charge in [-0.2, -0.15) is 14.0 Å². The van der Waals surface area contributed by atoms with Crippen molar-refractivity contribution in [3.63, 3.8) is 0 Å². The number of nitrogens with zero attached hydrogens (tertiary/aromatic N) is 1. The summed E-state index contributed by atoms with van der Waals surface area (Å²) in [5.74, 6) is 0.114. The van der Waals surface area contributed by atoms with E-state index in [0.717, 1.165) is 5.39 Å². The molecule has 4 heteroatoms. The molecule has 0 aliphatic rings. The quantitative estimate of drug-likeness (QED) is 0.812. The molecule has 0 spiro atoms. The second-order valence-corrected chi connectivity index (χ2v) is 3.48. The lowest BCUT2D eigenvalue weighted by Crippen LogP contribution is -2.03. The van der Waals surface area contributed by atoms with Crippen LogP contribution in [0, 0.1) is 11.3 Å². The van der Waals surface area contributed by atoms with E-state index in [-0.39, 0.29) is 12.2 Å². The van der Waals surface area contributed by atoms with Crippen LogP contribution in [0.25, 0.3) is 10.8 Å². The van der Waals surface area contributed by atoms with Gasteiger partial charge >= 0.3 is 6.61 Å². The van der Waals surface area contributed by atoms with Gasteiger partial charge in [-0.25, -0.2) is 0 Å². The predicted octanol–water partition coefficient (Wildman–Crippen LogP) is 3.51. The summed E-state index contributed by atoms with van der Waals surface area (Å²) < 4.78 is 29.0. The van der Waals surface area contributed by atoms with Crippen molar-refractivity contribution in [1.29, 1.82) is 5.26 Å². The Morgan fingerprint density at radius 3 is 2.53 bits per heavy atom. The first-order valence-corrected chi connectivity index (χ1v) is 5.05. The Morgan fingerprint density at radius 1 is 1.18 bits per heavy atom. The second-order valence-electron chi connectivity index (χ2n) is 3.48. The molecule has 2 aromatic carbocycles. The van der Waals surface area contributed by atoms with Crippen molar-refractivity contribution >= 4 is 10.8 Å². The van der Waals surface area contributed by atoms with Crippen molar-refractivity contribution in [2.24, 2.45) is 0 Å². The van der Waals surface area contributed by atoms with E-state index in [2.05, 4.69) is 4.74 Å². The van der Waals surface area contributed by atoms with Gasteiger partial charge in [-0.3, -0.25) is 0 Å². The maximum atomic E-state index is 12.3. The van der Waals surface area contributed by atoms with E-state index in [9.17, 15) is 8.78 Å². The van der Waals surface area contributed by atoms with Crippen LogP contribution in [0.4, 0.5) is 8.78 Å². The Balaban J connectivity index is 2.63. The Labute approximate surface area is 97.0 Å². The van der Waals surface area contributed by atoms with Crippen LogP contribution in [0.3, 0.4) is 0 Å². The average Bonchev–Trinajstić information content (AvgIpc) is 2.29. The zero-order valence-corrected chi connectivity index (χ0v) is 8.86. The van der Waals surface area contributed by atoms with Crippen LogP contribution in [0.15, 0.2) is 36.4 Å². The van der Waals surface area contributed by atoms with Gasteiger partial charge in [0.05, 0.1) is 12.5 Å². The summed E-state index contributed by atoms with van der Waals surface area (Å²) in [7, 11) is 0. The highest BCUT2D eigenvalue weighted by Crippen LogP contribution is 2.30. The largest absolute Gasteiger partial charge is 0.434 e. The average molecular weight is 233 g/mol. The van der Waals surface area contributed by atoms with Crippen molar-refractivity contribution in [3.05, 3.63) is 42.0 Å². The lowest BCUT2D eigenvalue weighted by molar-refractivity contribution is -0.0488. The molecule has 86 valence electrons. The summed E-state index contributed by atoms with van der Waals surface area (Å²) in [6, 6.07) is 12.3. The second kappa shape index (κ2) is 4.79. The number of fused-ring (bicyclic) bond motifs is 1. The number of halogens is 2. The molecule has 2 aromatic rings. The molecule has 0 bridgehead atoms. The minimum atomic E-state index is -2.87. The van der Waals surface area contributed by atoms with Crippen molar-refractivity contribution in [2.45, 2.75) is 13.0 Å². The van der Waals surface area contributed by atoms with E-state index in [4.69, 9.17) is 5.26 Å². The van der Waals surface area contributed by atoms with Gasteiger partial charge in [-0.15, -0.1) is 0 Å². The van der Waals surface area contributed by atoms with Crippen LogP contribution < -0.4 is 4.74 Å². The van der Waals surface area contributed by atoms with E-state index >= 15 is 0 Å². The lowest BCUT2D eigenvalue weighted by atomic mass is 10.0. The Bertz CT molecular complexity index is 570. The smallest absolute Gasteiger partial charge is 0.387 e. The molecule has 0 unspecified atom stereocenters. The van der Waals surface area contributed by atoms with E-state index in [0.29, 0.717) is 10.9 Å². The molecule has 0 N–H and O–H groups in total. The third kappa shape index (κ3) is 2.34. The molecule has 2 rings (SSSR count). The first-order chi connectivity index (χ1) is 8.22. The van der Waals surface area contributed by atoms with Crippen molar-refractivity contribution < 1.29 is 13.5 Å². The molecule has 0 amide bonds. The van der Waals surface area contributed by atoms with Gasteiger partial charge in [0, 0.05) is 5.39 Å². The molecule has 2 nitrogen and oxygen atoms in total. The number of hydrogen-bond acceptors (Lipinski definition) is 2. The van der Waals surface area contributed by atoms with E-state index < -0.39 is 6.61 Å². The van der Waals surface area contributed by atoms with Crippen LogP contribution in [0.5, 0.6) is 5.75 Å².